The minimum atomic E-state index is 0.494. The number of hydrogen-bond donors (Lipinski definition) is 2. The van der Waals surface area contributed by atoms with E-state index in [0.29, 0.717) is 29.9 Å². The number of methoxy groups -OCH3 is 2. The molecule has 1 fully saturated rings. The molecule has 1 aromatic rings. The third-order valence-corrected chi connectivity index (χ3v) is 4.17. The Bertz CT molecular complexity index is 533. The van der Waals surface area contributed by atoms with E-state index in [1.807, 2.05) is 18.2 Å². The molecule has 6 nitrogen and oxygen atoms in total. The molecule has 0 radical (unpaired) electrons. The third kappa shape index (κ3) is 5.32. The highest BCUT2D eigenvalue weighted by Crippen LogP contribution is 2.27. The number of aliphatic imine (C=N–C) groups is 1. The van der Waals surface area contributed by atoms with Crippen LogP contribution < -0.4 is 20.5 Å². The molecule has 0 amide bonds. The van der Waals surface area contributed by atoms with E-state index in [9.17, 15) is 0 Å². The quantitative estimate of drug-likeness (QED) is 0.613. The molecule has 1 saturated heterocycles. The Labute approximate surface area is 138 Å². The fourth-order valence-electron chi connectivity index (χ4n) is 2.90. The standard InChI is InChI=1S/C17H28N4O2/c1-21-8-4-5-14(12-21)11-20-17(18)19-10-13-6-7-15(22-2)16(9-13)23-3/h6-7,9,14H,4-5,8,10-12H2,1-3H3,(H3,18,19,20). The molecule has 0 spiro atoms. The molecule has 6 heteroatoms. The lowest BCUT2D eigenvalue weighted by molar-refractivity contribution is 0.210. The number of nitrogens with one attached hydrogen (secondary N) is 1. The Balaban J connectivity index is 1.84. The second-order valence-corrected chi connectivity index (χ2v) is 6.04. The van der Waals surface area contributed by atoms with Crippen molar-refractivity contribution in [1.82, 2.24) is 10.2 Å². The summed E-state index contributed by atoms with van der Waals surface area (Å²) in [7, 11) is 5.42. The highest BCUT2D eigenvalue weighted by Gasteiger charge is 2.16. The average molecular weight is 320 g/mol. The van der Waals surface area contributed by atoms with Crippen LogP contribution in [0, 0.1) is 5.92 Å². The van der Waals surface area contributed by atoms with Gasteiger partial charge in [0.25, 0.3) is 0 Å². The van der Waals surface area contributed by atoms with Crippen LogP contribution in [-0.2, 0) is 6.54 Å². The molecule has 1 aliphatic rings. The van der Waals surface area contributed by atoms with Crippen molar-refractivity contribution in [2.45, 2.75) is 19.4 Å². The van der Waals surface area contributed by atoms with Gasteiger partial charge < -0.3 is 25.4 Å². The van der Waals surface area contributed by atoms with E-state index in [4.69, 9.17) is 15.2 Å². The van der Waals surface area contributed by atoms with E-state index in [-0.39, 0.29) is 0 Å². The van der Waals surface area contributed by atoms with Crippen molar-refractivity contribution >= 4 is 5.96 Å². The van der Waals surface area contributed by atoms with Gasteiger partial charge >= 0.3 is 0 Å². The number of ether oxygens (including phenoxy) is 2. The van der Waals surface area contributed by atoms with Crippen LogP contribution in [0.2, 0.25) is 0 Å². The first kappa shape index (κ1) is 17.4. The molecule has 1 aliphatic heterocycles. The zero-order valence-corrected chi connectivity index (χ0v) is 14.3. The average Bonchev–Trinajstić information content (AvgIpc) is 2.57. The Morgan fingerprint density at radius 3 is 2.83 bits per heavy atom. The van der Waals surface area contributed by atoms with Crippen molar-refractivity contribution in [3.63, 3.8) is 0 Å². The van der Waals surface area contributed by atoms with Crippen molar-refractivity contribution in [3.05, 3.63) is 23.8 Å². The van der Waals surface area contributed by atoms with Gasteiger partial charge in [-0.05, 0) is 50.0 Å². The van der Waals surface area contributed by atoms with Crippen LogP contribution in [0.15, 0.2) is 23.2 Å². The first-order valence-corrected chi connectivity index (χ1v) is 8.05. The zero-order chi connectivity index (χ0) is 16.7. The topological polar surface area (TPSA) is 72.1 Å². The number of nitrogens with zero attached hydrogens (tertiary/aromatic N) is 2. The molecule has 1 heterocycles. The van der Waals surface area contributed by atoms with Gasteiger partial charge in [-0.15, -0.1) is 0 Å². The Kier molecular flexibility index (Phi) is 6.52. The Hall–Kier alpha value is -1.95. The molecule has 3 N–H and O–H groups in total. The first-order chi connectivity index (χ1) is 11.1. The van der Waals surface area contributed by atoms with Crippen molar-refractivity contribution in [2.75, 3.05) is 40.9 Å². The van der Waals surface area contributed by atoms with Gasteiger partial charge in [-0.1, -0.05) is 6.07 Å². The molecule has 1 unspecified atom stereocenters. The molecule has 1 aromatic carbocycles. The molecule has 0 aliphatic carbocycles. The van der Waals surface area contributed by atoms with Crippen LogP contribution in [0.4, 0.5) is 0 Å². The SMILES string of the molecule is COc1ccc(CN=C(N)NCC2CCCN(C)C2)cc1OC. The number of nitrogens with two attached hydrogens (primary N) is 1. The minimum absolute atomic E-state index is 0.494. The van der Waals surface area contributed by atoms with E-state index in [2.05, 4.69) is 22.3 Å². The number of hydrogen-bond acceptors (Lipinski definition) is 4. The van der Waals surface area contributed by atoms with Gasteiger partial charge in [0.1, 0.15) is 0 Å². The van der Waals surface area contributed by atoms with Crippen molar-refractivity contribution < 1.29 is 9.47 Å². The van der Waals surface area contributed by atoms with Crippen molar-refractivity contribution in [3.8, 4) is 11.5 Å². The van der Waals surface area contributed by atoms with Crippen LogP contribution in [0.3, 0.4) is 0 Å². The summed E-state index contributed by atoms with van der Waals surface area (Å²) in [5.41, 5.74) is 7.00. The minimum Gasteiger partial charge on any atom is -0.493 e. The molecule has 1 atom stereocenters. The fourth-order valence-corrected chi connectivity index (χ4v) is 2.90. The van der Waals surface area contributed by atoms with Gasteiger partial charge in [0.15, 0.2) is 17.5 Å². The maximum Gasteiger partial charge on any atom is 0.188 e. The van der Waals surface area contributed by atoms with Gasteiger partial charge in [-0.2, -0.15) is 0 Å². The molecule has 0 aromatic heterocycles. The van der Waals surface area contributed by atoms with Gasteiger partial charge in [-0.3, -0.25) is 0 Å². The fraction of sp³-hybridized carbons (Fsp3) is 0.588. The summed E-state index contributed by atoms with van der Waals surface area (Å²) in [6.07, 6.45) is 2.51. The van der Waals surface area contributed by atoms with E-state index in [0.717, 1.165) is 18.7 Å². The summed E-state index contributed by atoms with van der Waals surface area (Å²) >= 11 is 0. The number of benzene rings is 1. The predicted octanol–water partition coefficient (Wildman–Crippen LogP) is 1.45. The lowest BCUT2D eigenvalue weighted by atomic mass is 9.99. The first-order valence-electron chi connectivity index (χ1n) is 8.05. The van der Waals surface area contributed by atoms with Crippen LogP contribution in [0.5, 0.6) is 11.5 Å². The van der Waals surface area contributed by atoms with Crippen LogP contribution in [-0.4, -0.2) is 51.8 Å². The number of likely N-dealkylation sites (tertiary alicyclic amines) is 1. The van der Waals surface area contributed by atoms with E-state index >= 15 is 0 Å². The Morgan fingerprint density at radius 1 is 1.35 bits per heavy atom. The highest BCUT2D eigenvalue weighted by molar-refractivity contribution is 5.77. The van der Waals surface area contributed by atoms with Crippen LogP contribution in [0.1, 0.15) is 18.4 Å². The summed E-state index contributed by atoms with van der Waals surface area (Å²) in [6.45, 7) is 3.71. The van der Waals surface area contributed by atoms with E-state index in [1.165, 1.54) is 19.4 Å². The summed E-state index contributed by atoms with van der Waals surface area (Å²) < 4.78 is 10.5. The monoisotopic (exact) mass is 320 g/mol. The molecule has 0 saturated carbocycles. The molecule has 0 bridgehead atoms. The predicted molar refractivity (Wildman–Crippen MR) is 93.1 cm³/mol. The van der Waals surface area contributed by atoms with Gasteiger partial charge in [0.05, 0.1) is 20.8 Å². The Morgan fingerprint density at radius 2 is 2.13 bits per heavy atom. The normalized spacial score (nSPS) is 19.4. The number of rotatable bonds is 6. The molecule has 23 heavy (non-hydrogen) atoms. The summed E-state index contributed by atoms with van der Waals surface area (Å²) in [4.78, 5) is 6.77. The second kappa shape index (κ2) is 8.62. The maximum absolute atomic E-state index is 5.97. The van der Waals surface area contributed by atoms with Crippen LogP contribution >= 0.6 is 0 Å². The molecule has 2 rings (SSSR count). The summed E-state index contributed by atoms with van der Waals surface area (Å²) in [5, 5.41) is 3.24. The summed E-state index contributed by atoms with van der Waals surface area (Å²) in [5.74, 6) is 2.56. The highest BCUT2D eigenvalue weighted by atomic mass is 16.5. The number of piperidine rings is 1. The maximum atomic E-state index is 5.97. The third-order valence-electron chi connectivity index (χ3n) is 4.17. The van der Waals surface area contributed by atoms with Gasteiger partial charge in [0.2, 0.25) is 0 Å². The van der Waals surface area contributed by atoms with Crippen LogP contribution in [0.25, 0.3) is 0 Å². The van der Waals surface area contributed by atoms with E-state index < -0.39 is 0 Å². The zero-order valence-electron chi connectivity index (χ0n) is 14.3. The van der Waals surface area contributed by atoms with Gasteiger partial charge in [0, 0.05) is 13.1 Å². The van der Waals surface area contributed by atoms with Crippen molar-refractivity contribution in [2.24, 2.45) is 16.6 Å². The molecule has 128 valence electrons. The lowest BCUT2D eigenvalue weighted by Crippen LogP contribution is -2.41. The largest absolute Gasteiger partial charge is 0.493 e. The lowest BCUT2D eigenvalue weighted by Gasteiger charge is -2.29. The molecular formula is C17H28N4O2. The molecular weight excluding hydrogens is 292 g/mol. The smallest absolute Gasteiger partial charge is 0.188 e. The number of guanidine groups is 1. The second-order valence-electron chi connectivity index (χ2n) is 6.04. The van der Waals surface area contributed by atoms with Gasteiger partial charge in [-0.25, -0.2) is 4.99 Å². The van der Waals surface area contributed by atoms with Crippen molar-refractivity contribution in [1.29, 1.82) is 0 Å². The van der Waals surface area contributed by atoms with E-state index in [1.54, 1.807) is 14.2 Å². The summed E-state index contributed by atoms with van der Waals surface area (Å²) in [6, 6.07) is 5.77.